The number of anilines is 1. The van der Waals surface area contributed by atoms with Gasteiger partial charge in [0.1, 0.15) is 12.1 Å². The maximum atomic E-state index is 12.5. The first-order valence-electron chi connectivity index (χ1n) is 11.9. The lowest BCUT2D eigenvalue weighted by molar-refractivity contribution is -0.274. The van der Waals surface area contributed by atoms with Gasteiger partial charge >= 0.3 is 12.4 Å². The van der Waals surface area contributed by atoms with Crippen LogP contribution in [0.1, 0.15) is 16.7 Å². The number of aryl methyl sites for hydroxylation is 2. The fourth-order valence-electron chi connectivity index (χ4n) is 4.32. The van der Waals surface area contributed by atoms with E-state index in [1.807, 2.05) is 56.3 Å². The van der Waals surface area contributed by atoms with Gasteiger partial charge in [0.15, 0.2) is 0 Å². The number of amides is 2. The summed E-state index contributed by atoms with van der Waals surface area (Å²) in [5.41, 5.74) is 5.68. The highest BCUT2D eigenvalue weighted by molar-refractivity contribution is 9.10. The predicted molar refractivity (Wildman–Crippen MR) is 156 cm³/mol. The molecule has 0 unspecified atom stereocenters. The Morgan fingerprint density at radius 1 is 1.05 bits per heavy atom. The topological polar surface area (TPSA) is 80.5 Å². The van der Waals surface area contributed by atoms with Crippen molar-refractivity contribution in [1.82, 2.24) is 14.3 Å². The molecule has 0 saturated carbocycles. The Bertz CT molecular complexity index is 1730. The lowest BCUT2D eigenvalue weighted by Crippen LogP contribution is -2.23. The summed E-state index contributed by atoms with van der Waals surface area (Å²) in [5, 5.41) is 4.70. The zero-order valence-corrected chi connectivity index (χ0v) is 23.5. The van der Waals surface area contributed by atoms with Crippen molar-refractivity contribution in [1.29, 1.82) is 0 Å². The minimum Gasteiger partial charge on any atom is -0.406 e. The molecule has 0 bridgehead atoms. The molecule has 0 fully saturated rings. The molecule has 5 rings (SSSR count). The van der Waals surface area contributed by atoms with Crippen molar-refractivity contribution in [2.45, 2.75) is 20.2 Å². The van der Waals surface area contributed by atoms with Crippen LogP contribution in [0.25, 0.3) is 27.5 Å². The molecule has 2 N–H and O–H groups in total. The lowest BCUT2D eigenvalue weighted by Gasteiger charge is -2.12. The van der Waals surface area contributed by atoms with Crippen molar-refractivity contribution in [2.24, 2.45) is 4.40 Å². The highest BCUT2D eigenvalue weighted by Gasteiger charge is 2.31. The number of urea groups is 1. The molecular weight excluding hydrogens is 607 g/mol. The van der Waals surface area contributed by atoms with Crippen LogP contribution in [0.2, 0.25) is 0 Å². The number of hydrogen-bond donors (Lipinski definition) is 2. The number of benzene rings is 4. The van der Waals surface area contributed by atoms with Crippen LogP contribution < -0.4 is 14.8 Å². The standard InChI is InChI=1S/C28H21BrF3N5O2S/c1-16-11-20(29)12-17(2)25(16)35-27(38)36-40-34-14-18-3-9-23-19(13-18)4-10-24-26(23)33-15-37(24)21-5-7-22(8-6-21)39-28(30,31)32/h3-15H,1-2H3,(H2,35,36,38)/b34-14+. The van der Waals surface area contributed by atoms with Gasteiger partial charge in [0.2, 0.25) is 0 Å². The third-order valence-corrected chi connectivity index (χ3v) is 6.98. The zero-order valence-electron chi connectivity index (χ0n) is 21.1. The average molecular weight is 628 g/mol. The van der Waals surface area contributed by atoms with Crippen molar-refractivity contribution >= 4 is 67.8 Å². The Balaban J connectivity index is 1.26. The highest BCUT2D eigenvalue weighted by Crippen LogP contribution is 2.29. The summed E-state index contributed by atoms with van der Waals surface area (Å²) in [6, 6.07) is 18.7. The molecule has 7 nitrogen and oxygen atoms in total. The first-order chi connectivity index (χ1) is 19.1. The first-order valence-corrected chi connectivity index (χ1v) is 13.4. The highest BCUT2D eigenvalue weighted by atomic mass is 79.9. The Labute approximate surface area is 239 Å². The molecule has 12 heteroatoms. The number of aromatic nitrogens is 2. The summed E-state index contributed by atoms with van der Waals surface area (Å²) in [7, 11) is 0. The van der Waals surface area contributed by atoms with Gasteiger partial charge in [-0.3, -0.25) is 9.29 Å². The third kappa shape index (κ3) is 6.23. The summed E-state index contributed by atoms with van der Waals surface area (Å²) < 4.78 is 51.0. The van der Waals surface area contributed by atoms with Gasteiger partial charge in [0.05, 0.1) is 23.2 Å². The number of hydrogen-bond acceptors (Lipinski definition) is 5. The van der Waals surface area contributed by atoms with Gasteiger partial charge in [-0.05, 0) is 84.5 Å². The molecule has 40 heavy (non-hydrogen) atoms. The Morgan fingerprint density at radius 3 is 2.48 bits per heavy atom. The fraction of sp³-hybridized carbons (Fsp3) is 0.107. The van der Waals surface area contributed by atoms with Gasteiger partial charge in [-0.15, -0.1) is 13.2 Å². The zero-order chi connectivity index (χ0) is 28.4. The Morgan fingerprint density at radius 2 is 1.77 bits per heavy atom. The van der Waals surface area contributed by atoms with E-state index >= 15 is 0 Å². The second-order valence-electron chi connectivity index (χ2n) is 8.87. The van der Waals surface area contributed by atoms with E-state index in [9.17, 15) is 18.0 Å². The summed E-state index contributed by atoms with van der Waals surface area (Å²) >= 11 is 4.36. The minimum atomic E-state index is -4.74. The van der Waals surface area contributed by atoms with Crippen LogP contribution in [0.4, 0.5) is 23.7 Å². The number of carbonyl (C=O) groups is 1. The second-order valence-corrected chi connectivity index (χ2v) is 10.4. The van der Waals surface area contributed by atoms with Gasteiger partial charge in [-0.2, -0.15) is 0 Å². The number of carbonyl (C=O) groups excluding carboxylic acids is 1. The smallest absolute Gasteiger partial charge is 0.406 e. The van der Waals surface area contributed by atoms with Crippen LogP contribution in [0.5, 0.6) is 5.75 Å². The van der Waals surface area contributed by atoms with Crippen molar-refractivity contribution in [3.05, 3.63) is 94.2 Å². The summed E-state index contributed by atoms with van der Waals surface area (Å²) in [6.45, 7) is 3.84. The molecule has 0 aliphatic carbocycles. The van der Waals surface area contributed by atoms with Crippen LogP contribution in [-0.4, -0.2) is 28.2 Å². The number of halogens is 4. The number of alkyl halides is 3. The molecule has 1 aromatic heterocycles. The van der Waals surface area contributed by atoms with Crippen LogP contribution in [0.3, 0.4) is 0 Å². The maximum absolute atomic E-state index is 12.5. The van der Waals surface area contributed by atoms with Gasteiger partial charge in [-0.1, -0.05) is 34.1 Å². The molecule has 4 aromatic carbocycles. The van der Waals surface area contributed by atoms with Crippen molar-refractivity contribution in [3.8, 4) is 11.4 Å². The fourth-order valence-corrected chi connectivity index (χ4v) is 5.37. The molecule has 204 valence electrons. The van der Waals surface area contributed by atoms with Crippen LogP contribution in [-0.2, 0) is 0 Å². The van der Waals surface area contributed by atoms with Gasteiger partial charge in [0.25, 0.3) is 0 Å². The number of nitrogens with one attached hydrogen (secondary N) is 2. The van der Waals surface area contributed by atoms with Crippen molar-refractivity contribution in [2.75, 3.05) is 5.32 Å². The van der Waals surface area contributed by atoms with E-state index in [0.29, 0.717) is 5.69 Å². The number of fused-ring (bicyclic) bond motifs is 3. The summed E-state index contributed by atoms with van der Waals surface area (Å²) in [6.07, 6.45) is -1.47. The molecular formula is C28H21BrF3N5O2S. The predicted octanol–water partition coefficient (Wildman–Crippen LogP) is 8.26. The molecule has 0 atom stereocenters. The molecule has 5 aromatic rings. The third-order valence-electron chi connectivity index (χ3n) is 6.03. The molecule has 0 aliphatic rings. The second kappa shape index (κ2) is 11.2. The quantitative estimate of drug-likeness (QED) is 0.147. The Hall–Kier alpha value is -4.03. The van der Waals surface area contributed by atoms with E-state index in [1.54, 1.807) is 29.2 Å². The minimum absolute atomic E-state index is 0.288. The summed E-state index contributed by atoms with van der Waals surface area (Å²) in [4.78, 5) is 16.8. The van der Waals surface area contributed by atoms with Crippen LogP contribution >= 0.6 is 28.1 Å². The molecule has 2 amide bonds. The van der Waals surface area contributed by atoms with Crippen molar-refractivity contribution in [3.63, 3.8) is 0 Å². The van der Waals surface area contributed by atoms with Crippen LogP contribution in [0, 0.1) is 13.8 Å². The van der Waals surface area contributed by atoms with Gasteiger partial charge in [0, 0.05) is 27.4 Å². The monoisotopic (exact) mass is 627 g/mol. The molecule has 0 radical (unpaired) electrons. The molecule has 1 heterocycles. The normalized spacial score (nSPS) is 11.8. The number of ether oxygens (including phenoxy) is 1. The molecule has 0 saturated heterocycles. The van der Waals surface area contributed by atoms with E-state index in [1.165, 1.54) is 12.1 Å². The number of nitrogens with zero attached hydrogens (tertiary/aromatic N) is 3. The lowest BCUT2D eigenvalue weighted by atomic mass is 10.1. The maximum Gasteiger partial charge on any atom is 0.573 e. The molecule has 0 aliphatic heterocycles. The van der Waals surface area contributed by atoms with Crippen molar-refractivity contribution < 1.29 is 22.7 Å². The average Bonchev–Trinajstić information content (AvgIpc) is 3.33. The number of imidazole rings is 1. The van der Waals surface area contributed by atoms with Gasteiger partial charge in [-0.25, -0.2) is 14.2 Å². The Kier molecular flexibility index (Phi) is 7.72. The molecule has 0 spiro atoms. The van der Waals surface area contributed by atoms with Gasteiger partial charge < -0.3 is 10.1 Å². The van der Waals surface area contributed by atoms with E-state index in [4.69, 9.17) is 0 Å². The summed E-state index contributed by atoms with van der Waals surface area (Å²) in [5.74, 6) is -0.288. The van der Waals surface area contributed by atoms with E-state index in [0.717, 1.165) is 60.8 Å². The van der Waals surface area contributed by atoms with Crippen LogP contribution in [0.15, 0.2) is 81.9 Å². The first kappa shape index (κ1) is 27.5. The number of rotatable bonds is 6. The largest absolute Gasteiger partial charge is 0.573 e. The SMILES string of the molecule is Cc1cc(Br)cc(C)c1NC(=O)NS/N=C/c1ccc2c(ccc3c2ncn3-c2ccc(OC(F)(F)F)cc2)c1. The van der Waals surface area contributed by atoms with E-state index < -0.39 is 6.36 Å². The van der Waals surface area contributed by atoms with E-state index in [2.05, 4.69) is 40.1 Å². The van der Waals surface area contributed by atoms with E-state index in [-0.39, 0.29) is 11.8 Å².